The van der Waals surface area contributed by atoms with Crippen LogP contribution in [0.5, 0.6) is 11.5 Å². The number of rotatable bonds is 6. The third-order valence-corrected chi connectivity index (χ3v) is 5.61. The predicted octanol–water partition coefficient (Wildman–Crippen LogP) is 2.81. The highest BCUT2D eigenvalue weighted by atomic mass is 32.2. The third kappa shape index (κ3) is 4.49. The molecule has 0 aromatic heterocycles. The Morgan fingerprint density at radius 1 is 1.07 bits per heavy atom. The number of sulfone groups is 1. The summed E-state index contributed by atoms with van der Waals surface area (Å²) in [5.41, 5.74) is 0.580. The maximum atomic E-state index is 13.1. The van der Waals surface area contributed by atoms with E-state index in [1.165, 1.54) is 11.0 Å². The van der Waals surface area contributed by atoms with Gasteiger partial charge in [0.2, 0.25) is 0 Å². The summed E-state index contributed by atoms with van der Waals surface area (Å²) in [5.74, 6) is 0.746. The topological polar surface area (TPSA) is 72.9 Å². The third-order valence-electron chi connectivity index (χ3n) is 4.23. The van der Waals surface area contributed by atoms with Crippen LogP contribution in [0.1, 0.15) is 6.92 Å². The molecule has 1 heterocycles. The van der Waals surface area contributed by atoms with E-state index in [9.17, 15) is 13.2 Å². The van der Waals surface area contributed by atoms with Crippen molar-refractivity contribution in [2.75, 3.05) is 17.8 Å². The lowest BCUT2D eigenvalue weighted by Crippen LogP contribution is -2.47. The SMILES string of the molecule is COc1ccc(N(C(=O)[C@H](C)Oc2ccccc2)[C@@H]2C=CS(=O)(=O)C2)cc1. The van der Waals surface area contributed by atoms with Gasteiger partial charge in [-0.05, 0) is 49.4 Å². The molecule has 1 aliphatic heterocycles. The molecule has 0 N–H and O–H groups in total. The molecule has 2 aromatic carbocycles. The van der Waals surface area contributed by atoms with Gasteiger partial charge in [0, 0.05) is 11.1 Å². The molecular formula is C20H21NO5S. The highest BCUT2D eigenvalue weighted by Crippen LogP contribution is 2.26. The van der Waals surface area contributed by atoms with Gasteiger partial charge >= 0.3 is 0 Å². The second-order valence-corrected chi connectivity index (χ2v) is 8.14. The number of para-hydroxylation sites is 1. The maximum absolute atomic E-state index is 13.1. The van der Waals surface area contributed by atoms with Gasteiger partial charge in [0.15, 0.2) is 15.9 Å². The molecule has 0 spiro atoms. The van der Waals surface area contributed by atoms with Crippen molar-refractivity contribution in [3.05, 3.63) is 66.1 Å². The van der Waals surface area contributed by atoms with Crippen LogP contribution >= 0.6 is 0 Å². The fraction of sp³-hybridized carbons (Fsp3) is 0.250. The van der Waals surface area contributed by atoms with Gasteiger partial charge < -0.3 is 14.4 Å². The van der Waals surface area contributed by atoms with E-state index in [0.29, 0.717) is 17.2 Å². The lowest BCUT2D eigenvalue weighted by Gasteiger charge is -2.30. The number of carbonyl (C=O) groups is 1. The highest BCUT2D eigenvalue weighted by Gasteiger charge is 2.34. The van der Waals surface area contributed by atoms with Gasteiger partial charge in [0.05, 0.1) is 18.9 Å². The Labute approximate surface area is 158 Å². The molecule has 27 heavy (non-hydrogen) atoms. The number of methoxy groups -OCH3 is 1. The van der Waals surface area contributed by atoms with Gasteiger partial charge in [-0.2, -0.15) is 0 Å². The van der Waals surface area contributed by atoms with Crippen molar-refractivity contribution in [1.82, 2.24) is 0 Å². The van der Waals surface area contributed by atoms with Crippen molar-refractivity contribution >= 4 is 21.4 Å². The fourth-order valence-corrected chi connectivity index (χ4v) is 4.16. The van der Waals surface area contributed by atoms with Crippen molar-refractivity contribution in [3.8, 4) is 11.5 Å². The summed E-state index contributed by atoms with van der Waals surface area (Å²) in [4.78, 5) is 14.6. The van der Waals surface area contributed by atoms with Crippen LogP contribution in [0, 0.1) is 0 Å². The van der Waals surface area contributed by atoms with Gasteiger partial charge in [0.25, 0.3) is 5.91 Å². The number of nitrogens with zero attached hydrogens (tertiary/aromatic N) is 1. The normalized spacial score (nSPS) is 18.7. The quantitative estimate of drug-likeness (QED) is 0.762. The van der Waals surface area contributed by atoms with Gasteiger partial charge in [-0.1, -0.05) is 18.2 Å². The molecule has 1 aliphatic rings. The number of ether oxygens (including phenoxy) is 2. The first-order valence-electron chi connectivity index (χ1n) is 8.49. The van der Waals surface area contributed by atoms with E-state index in [1.807, 2.05) is 18.2 Å². The van der Waals surface area contributed by atoms with E-state index in [1.54, 1.807) is 50.4 Å². The van der Waals surface area contributed by atoms with Crippen LogP contribution in [0.25, 0.3) is 0 Å². The molecule has 0 saturated carbocycles. The second-order valence-electron chi connectivity index (χ2n) is 6.20. The molecular weight excluding hydrogens is 366 g/mol. The van der Waals surface area contributed by atoms with Gasteiger partial charge in [-0.3, -0.25) is 4.79 Å². The van der Waals surface area contributed by atoms with E-state index in [2.05, 4.69) is 0 Å². The first-order chi connectivity index (χ1) is 12.9. The van der Waals surface area contributed by atoms with Crippen LogP contribution in [0.2, 0.25) is 0 Å². The minimum atomic E-state index is -3.32. The minimum absolute atomic E-state index is 0.150. The largest absolute Gasteiger partial charge is 0.497 e. The maximum Gasteiger partial charge on any atom is 0.268 e. The van der Waals surface area contributed by atoms with Crippen molar-refractivity contribution in [2.45, 2.75) is 19.1 Å². The summed E-state index contributed by atoms with van der Waals surface area (Å²) in [5, 5.41) is 1.16. The van der Waals surface area contributed by atoms with Crippen LogP contribution in [0.15, 0.2) is 66.1 Å². The zero-order valence-electron chi connectivity index (χ0n) is 15.1. The standard InChI is InChI=1S/C20H21NO5S/c1-15(26-19-6-4-3-5-7-19)20(22)21(17-12-13-27(23,24)14-17)16-8-10-18(25-2)11-9-16/h3-13,15,17H,14H2,1-2H3/t15-,17+/m0/s1. The molecule has 0 aliphatic carbocycles. The van der Waals surface area contributed by atoms with E-state index in [0.717, 1.165) is 5.41 Å². The summed E-state index contributed by atoms with van der Waals surface area (Å²) >= 11 is 0. The van der Waals surface area contributed by atoms with Crippen LogP contribution in [-0.4, -0.2) is 39.3 Å². The molecule has 3 rings (SSSR count). The number of carbonyl (C=O) groups excluding carboxylic acids is 1. The Hall–Kier alpha value is -2.80. The molecule has 2 aromatic rings. The fourth-order valence-electron chi connectivity index (χ4n) is 2.89. The number of benzene rings is 2. The average molecular weight is 387 g/mol. The molecule has 0 fully saturated rings. The molecule has 0 radical (unpaired) electrons. The summed E-state index contributed by atoms with van der Waals surface area (Å²) in [6, 6.07) is 15.4. The lowest BCUT2D eigenvalue weighted by molar-refractivity contribution is -0.124. The molecule has 142 valence electrons. The lowest BCUT2D eigenvalue weighted by atomic mass is 10.1. The number of anilines is 1. The molecule has 0 saturated heterocycles. The van der Waals surface area contributed by atoms with E-state index in [4.69, 9.17) is 9.47 Å². The second kappa shape index (κ2) is 7.84. The van der Waals surface area contributed by atoms with Crippen LogP contribution in [0.3, 0.4) is 0 Å². The Bertz CT molecular complexity index is 923. The predicted molar refractivity (Wildman–Crippen MR) is 104 cm³/mol. The summed E-state index contributed by atoms with van der Waals surface area (Å²) in [6.45, 7) is 1.65. The Morgan fingerprint density at radius 3 is 2.30 bits per heavy atom. The zero-order valence-corrected chi connectivity index (χ0v) is 15.9. The van der Waals surface area contributed by atoms with Crippen LogP contribution in [-0.2, 0) is 14.6 Å². The van der Waals surface area contributed by atoms with Gasteiger partial charge in [0.1, 0.15) is 11.5 Å². The molecule has 6 nitrogen and oxygen atoms in total. The highest BCUT2D eigenvalue weighted by molar-refractivity contribution is 7.94. The smallest absolute Gasteiger partial charge is 0.268 e. The number of amides is 1. The van der Waals surface area contributed by atoms with E-state index < -0.39 is 22.0 Å². The van der Waals surface area contributed by atoms with Gasteiger partial charge in [-0.25, -0.2) is 8.42 Å². The summed E-state index contributed by atoms with van der Waals surface area (Å²) in [7, 11) is -1.76. The molecule has 2 atom stereocenters. The van der Waals surface area contributed by atoms with Crippen molar-refractivity contribution in [3.63, 3.8) is 0 Å². The average Bonchev–Trinajstić information content (AvgIpc) is 3.02. The van der Waals surface area contributed by atoms with Crippen molar-refractivity contribution < 1.29 is 22.7 Å². The van der Waals surface area contributed by atoms with Crippen molar-refractivity contribution in [1.29, 1.82) is 0 Å². The molecule has 1 amide bonds. The molecule has 7 heteroatoms. The van der Waals surface area contributed by atoms with E-state index >= 15 is 0 Å². The van der Waals surface area contributed by atoms with E-state index in [-0.39, 0.29) is 11.7 Å². The zero-order chi connectivity index (χ0) is 19.4. The van der Waals surface area contributed by atoms with Crippen LogP contribution in [0.4, 0.5) is 5.69 Å². The Kier molecular flexibility index (Phi) is 5.51. The first kappa shape index (κ1) is 19.0. The first-order valence-corrected chi connectivity index (χ1v) is 10.2. The Balaban J connectivity index is 1.88. The van der Waals surface area contributed by atoms with Crippen molar-refractivity contribution in [2.24, 2.45) is 0 Å². The number of hydrogen-bond donors (Lipinski definition) is 0. The molecule has 0 unspecified atom stereocenters. The Morgan fingerprint density at radius 2 is 1.74 bits per heavy atom. The van der Waals surface area contributed by atoms with Gasteiger partial charge in [-0.15, -0.1) is 0 Å². The summed E-state index contributed by atoms with van der Waals surface area (Å²) in [6.07, 6.45) is 0.749. The number of hydrogen-bond acceptors (Lipinski definition) is 5. The monoisotopic (exact) mass is 387 g/mol. The molecule has 0 bridgehead atoms. The summed E-state index contributed by atoms with van der Waals surface area (Å²) < 4.78 is 34.7. The van der Waals surface area contributed by atoms with Crippen LogP contribution < -0.4 is 14.4 Å². The minimum Gasteiger partial charge on any atom is -0.497 e.